The first-order chi connectivity index (χ1) is 6.88. The number of rotatable bonds is 2. The van der Waals surface area contributed by atoms with E-state index in [2.05, 4.69) is 0 Å². The molecule has 0 aromatic heterocycles. The molecule has 0 saturated heterocycles. The third-order valence-electron chi connectivity index (χ3n) is 1.51. The minimum absolute atomic E-state index is 0.291. The average molecular weight is 269 g/mol. The van der Waals surface area contributed by atoms with Gasteiger partial charge in [-0.1, -0.05) is 34.8 Å². The lowest BCUT2D eigenvalue weighted by atomic mass is 10.2. The molecule has 2 N–H and O–H groups in total. The average Bonchev–Trinajstić information content (AvgIpc) is 2.14. The van der Waals surface area contributed by atoms with Crippen LogP contribution in [0.5, 0.6) is 0 Å². The summed E-state index contributed by atoms with van der Waals surface area (Å²) in [5.74, 6) is -0.554. The second kappa shape index (κ2) is 4.92. The van der Waals surface area contributed by atoms with Crippen LogP contribution in [0.3, 0.4) is 0 Å². The largest absolute Gasteiger partial charge is 0.458 e. The maximum atomic E-state index is 11.4. The van der Waals surface area contributed by atoms with E-state index in [1.165, 1.54) is 12.1 Å². The molecule has 0 heterocycles. The molecule has 0 atom stereocenters. The number of esters is 1. The second-order valence-corrected chi connectivity index (χ2v) is 5.33. The first-order valence-corrected chi connectivity index (χ1v) is 5.11. The van der Waals surface area contributed by atoms with Crippen LogP contribution in [0, 0.1) is 0 Å². The van der Waals surface area contributed by atoms with Gasteiger partial charge in [-0.15, -0.1) is 0 Å². The van der Waals surface area contributed by atoms with Crippen LogP contribution in [0.4, 0.5) is 5.69 Å². The Morgan fingerprint density at radius 3 is 2.27 bits per heavy atom. The number of benzene rings is 1. The molecule has 15 heavy (non-hydrogen) atoms. The summed E-state index contributed by atoms with van der Waals surface area (Å²) in [6.07, 6.45) is 0. The van der Waals surface area contributed by atoms with E-state index in [0.29, 0.717) is 11.3 Å². The van der Waals surface area contributed by atoms with Crippen molar-refractivity contribution in [2.75, 3.05) is 12.3 Å². The quantitative estimate of drug-likeness (QED) is 0.510. The van der Waals surface area contributed by atoms with Gasteiger partial charge in [0.05, 0.1) is 5.56 Å². The summed E-state index contributed by atoms with van der Waals surface area (Å²) in [5, 5.41) is 0. The van der Waals surface area contributed by atoms with Gasteiger partial charge in [-0.3, -0.25) is 0 Å². The molecule has 1 aromatic carbocycles. The molecule has 0 bridgehead atoms. The highest BCUT2D eigenvalue weighted by Crippen LogP contribution is 2.26. The molecule has 0 amide bonds. The fourth-order valence-corrected chi connectivity index (χ4v) is 1.01. The van der Waals surface area contributed by atoms with E-state index in [0.717, 1.165) is 0 Å². The molecular formula is C9H8Cl3NO2. The molecule has 0 radical (unpaired) electrons. The standard InChI is InChI=1S/C9H8Cl3NO2/c10-9(11,12)5-15-8(14)6-1-3-7(13)4-2-6/h1-4H,5,13H2. The molecular weight excluding hydrogens is 260 g/mol. The highest BCUT2D eigenvalue weighted by molar-refractivity contribution is 6.67. The van der Waals surface area contributed by atoms with E-state index < -0.39 is 9.76 Å². The lowest BCUT2D eigenvalue weighted by Crippen LogP contribution is -2.17. The highest BCUT2D eigenvalue weighted by atomic mass is 35.6. The van der Waals surface area contributed by atoms with E-state index in [1.807, 2.05) is 0 Å². The second-order valence-electron chi connectivity index (χ2n) is 2.81. The number of carbonyl (C=O) groups excluding carboxylic acids is 1. The Bertz CT molecular complexity index is 345. The first kappa shape index (κ1) is 12.4. The van der Waals surface area contributed by atoms with Crippen LogP contribution in [-0.4, -0.2) is 16.4 Å². The summed E-state index contributed by atoms with van der Waals surface area (Å²) in [6, 6.07) is 6.25. The van der Waals surface area contributed by atoms with Crippen molar-refractivity contribution in [1.82, 2.24) is 0 Å². The van der Waals surface area contributed by atoms with Crippen molar-refractivity contribution >= 4 is 46.5 Å². The van der Waals surface area contributed by atoms with E-state index in [9.17, 15) is 4.79 Å². The number of anilines is 1. The molecule has 0 aliphatic heterocycles. The van der Waals surface area contributed by atoms with Gasteiger partial charge in [0, 0.05) is 5.69 Å². The van der Waals surface area contributed by atoms with Crippen LogP contribution in [0.15, 0.2) is 24.3 Å². The Balaban J connectivity index is 2.58. The molecule has 0 aliphatic rings. The summed E-state index contributed by atoms with van der Waals surface area (Å²) < 4.78 is 3.16. The van der Waals surface area contributed by atoms with Crippen LogP contribution >= 0.6 is 34.8 Å². The van der Waals surface area contributed by atoms with E-state index >= 15 is 0 Å². The lowest BCUT2D eigenvalue weighted by molar-refractivity contribution is 0.0512. The van der Waals surface area contributed by atoms with Crippen molar-refractivity contribution < 1.29 is 9.53 Å². The molecule has 1 rings (SSSR count). The van der Waals surface area contributed by atoms with Crippen molar-refractivity contribution in [2.45, 2.75) is 3.79 Å². The number of alkyl halides is 3. The van der Waals surface area contributed by atoms with Crippen LogP contribution in [0.2, 0.25) is 0 Å². The summed E-state index contributed by atoms with van der Waals surface area (Å²) in [5.41, 5.74) is 6.38. The van der Waals surface area contributed by atoms with Crippen molar-refractivity contribution in [3.8, 4) is 0 Å². The molecule has 0 saturated carbocycles. The zero-order valence-electron chi connectivity index (χ0n) is 7.54. The van der Waals surface area contributed by atoms with Crippen molar-refractivity contribution in [3.63, 3.8) is 0 Å². The smallest absolute Gasteiger partial charge is 0.338 e. The van der Waals surface area contributed by atoms with Crippen LogP contribution in [0.1, 0.15) is 10.4 Å². The molecule has 0 spiro atoms. The molecule has 0 fully saturated rings. The van der Waals surface area contributed by atoms with E-state index in [1.54, 1.807) is 12.1 Å². The number of hydrogen-bond acceptors (Lipinski definition) is 3. The topological polar surface area (TPSA) is 52.3 Å². The summed E-state index contributed by atoms with van der Waals surface area (Å²) in [7, 11) is 0. The van der Waals surface area contributed by atoms with Gasteiger partial charge >= 0.3 is 5.97 Å². The Hall–Kier alpha value is -0.640. The van der Waals surface area contributed by atoms with Crippen LogP contribution in [-0.2, 0) is 4.74 Å². The summed E-state index contributed by atoms with van der Waals surface area (Å²) in [6.45, 7) is -0.291. The maximum absolute atomic E-state index is 11.4. The highest BCUT2D eigenvalue weighted by Gasteiger charge is 2.22. The molecule has 0 aliphatic carbocycles. The van der Waals surface area contributed by atoms with Gasteiger partial charge in [-0.2, -0.15) is 0 Å². The van der Waals surface area contributed by atoms with Gasteiger partial charge in [-0.05, 0) is 24.3 Å². The zero-order valence-corrected chi connectivity index (χ0v) is 9.81. The third kappa shape index (κ3) is 4.60. The fraction of sp³-hybridized carbons (Fsp3) is 0.222. The van der Waals surface area contributed by atoms with Crippen molar-refractivity contribution in [2.24, 2.45) is 0 Å². The van der Waals surface area contributed by atoms with Gasteiger partial charge in [0.25, 0.3) is 0 Å². The Morgan fingerprint density at radius 1 is 1.27 bits per heavy atom. The number of carbonyl (C=O) groups is 1. The summed E-state index contributed by atoms with van der Waals surface area (Å²) in [4.78, 5) is 11.4. The van der Waals surface area contributed by atoms with E-state index in [4.69, 9.17) is 45.3 Å². The minimum Gasteiger partial charge on any atom is -0.458 e. The number of halogens is 3. The van der Waals surface area contributed by atoms with Gasteiger partial charge in [0.1, 0.15) is 6.61 Å². The normalized spacial score (nSPS) is 11.1. The van der Waals surface area contributed by atoms with Crippen LogP contribution < -0.4 is 5.73 Å². The Kier molecular flexibility index (Phi) is 4.08. The molecule has 6 heteroatoms. The first-order valence-electron chi connectivity index (χ1n) is 3.98. The predicted molar refractivity (Wildman–Crippen MR) is 61.4 cm³/mol. The number of nitrogen functional groups attached to an aromatic ring is 1. The SMILES string of the molecule is Nc1ccc(C(=O)OCC(Cl)(Cl)Cl)cc1. The molecule has 3 nitrogen and oxygen atoms in total. The molecule has 1 aromatic rings. The lowest BCUT2D eigenvalue weighted by Gasteiger charge is -2.11. The zero-order chi connectivity index (χ0) is 11.5. The number of hydrogen-bond donors (Lipinski definition) is 1. The third-order valence-corrected chi connectivity index (χ3v) is 1.84. The Labute approximate surface area is 102 Å². The van der Waals surface area contributed by atoms with Crippen molar-refractivity contribution in [1.29, 1.82) is 0 Å². The Morgan fingerprint density at radius 2 is 1.80 bits per heavy atom. The molecule has 82 valence electrons. The molecule has 0 unspecified atom stereocenters. The fourth-order valence-electron chi connectivity index (χ4n) is 0.850. The predicted octanol–water partition coefficient (Wildman–Crippen LogP) is 2.80. The van der Waals surface area contributed by atoms with Gasteiger partial charge < -0.3 is 10.5 Å². The van der Waals surface area contributed by atoms with Crippen molar-refractivity contribution in [3.05, 3.63) is 29.8 Å². The van der Waals surface area contributed by atoms with Gasteiger partial charge in [-0.25, -0.2) is 4.79 Å². The monoisotopic (exact) mass is 267 g/mol. The van der Waals surface area contributed by atoms with Gasteiger partial charge in [0.15, 0.2) is 0 Å². The number of nitrogens with two attached hydrogens (primary N) is 1. The van der Waals surface area contributed by atoms with Crippen LogP contribution in [0.25, 0.3) is 0 Å². The van der Waals surface area contributed by atoms with E-state index in [-0.39, 0.29) is 6.61 Å². The van der Waals surface area contributed by atoms with Gasteiger partial charge in [0.2, 0.25) is 3.79 Å². The summed E-state index contributed by atoms with van der Waals surface area (Å²) >= 11 is 16.3. The minimum atomic E-state index is -1.59. The number of ether oxygens (including phenoxy) is 1. The maximum Gasteiger partial charge on any atom is 0.338 e.